The first-order valence-corrected chi connectivity index (χ1v) is 3.89. The summed E-state index contributed by atoms with van der Waals surface area (Å²) in [5.74, 6) is -0.393. The molecule has 11 heavy (non-hydrogen) atoms. The van der Waals surface area contributed by atoms with Crippen LogP contribution in [-0.4, -0.2) is 31.7 Å². The van der Waals surface area contributed by atoms with E-state index in [4.69, 9.17) is 10.5 Å². The highest BCUT2D eigenvalue weighted by Crippen LogP contribution is 2.04. The van der Waals surface area contributed by atoms with Crippen LogP contribution >= 0.6 is 0 Å². The van der Waals surface area contributed by atoms with Crippen molar-refractivity contribution in [3.63, 3.8) is 0 Å². The molecule has 0 aromatic heterocycles. The van der Waals surface area contributed by atoms with Crippen molar-refractivity contribution in [1.29, 1.82) is 0 Å². The summed E-state index contributed by atoms with van der Waals surface area (Å²) in [4.78, 5) is 10.3. The molecule has 0 saturated carbocycles. The number of primary amides is 1. The fourth-order valence-corrected chi connectivity index (χ4v) is 1.16. The highest BCUT2D eigenvalue weighted by atomic mass is 16.5. The summed E-state index contributed by atoms with van der Waals surface area (Å²) in [6.45, 7) is 1.94. The van der Waals surface area contributed by atoms with Gasteiger partial charge in [-0.2, -0.15) is 0 Å². The number of amides is 1. The van der Waals surface area contributed by atoms with Gasteiger partial charge < -0.3 is 15.8 Å². The molecular weight excluding hydrogens is 144 g/mol. The van der Waals surface area contributed by atoms with E-state index in [0.717, 1.165) is 25.9 Å². The van der Waals surface area contributed by atoms with Gasteiger partial charge in [0.1, 0.15) is 6.61 Å². The van der Waals surface area contributed by atoms with E-state index in [0.29, 0.717) is 0 Å². The van der Waals surface area contributed by atoms with Crippen molar-refractivity contribution in [2.24, 2.45) is 5.73 Å². The SMILES string of the molecule is NC(=O)CO[C@@H]1CCCNC1. The number of rotatable bonds is 3. The van der Waals surface area contributed by atoms with E-state index in [-0.39, 0.29) is 12.7 Å². The lowest BCUT2D eigenvalue weighted by atomic mass is 10.1. The van der Waals surface area contributed by atoms with Crippen LogP contribution in [0.15, 0.2) is 0 Å². The van der Waals surface area contributed by atoms with Gasteiger partial charge in [-0.15, -0.1) is 0 Å². The number of hydrogen-bond acceptors (Lipinski definition) is 3. The molecule has 0 aliphatic carbocycles. The molecule has 3 N–H and O–H groups in total. The van der Waals surface area contributed by atoms with Crippen LogP contribution in [0.4, 0.5) is 0 Å². The summed E-state index contributed by atoms with van der Waals surface area (Å²) < 4.78 is 5.21. The van der Waals surface area contributed by atoms with Gasteiger partial charge >= 0.3 is 0 Å². The average Bonchev–Trinajstić information content (AvgIpc) is 2.03. The molecule has 1 heterocycles. The number of hydrogen-bond donors (Lipinski definition) is 2. The molecule has 1 fully saturated rings. The molecule has 4 heteroatoms. The number of piperidine rings is 1. The zero-order valence-corrected chi connectivity index (χ0v) is 6.51. The van der Waals surface area contributed by atoms with Crippen molar-refractivity contribution in [3.05, 3.63) is 0 Å². The van der Waals surface area contributed by atoms with Crippen molar-refractivity contribution < 1.29 is 9.53 Å². The van der Waals surface area contributed by atoms with Crippen LogP contribution in [0.2, 0.25) is 0 Å². The van der Waals surface area contributed by atoms with Crippen molar-refractivity contribution in [3.8, 4) is 0 Å². The van der Waals surface area contributed by atoms with E-state index in [2.05, 4.69) is 5.32 Å². The molecule has 1 saturated heterocycles. The number of carbonyl (C=O) groups excluding carboxylic acids is 1. The van der Waals surface area contributed by atoms with Crippen molar-refractivity contribution >= 4 is 5.91 Å². The predicted octanol–water partition coefficient (Wildman–Crippen LogP) is -0.760. The van der Waals surface area contributed by atoms with E-state index < -0.39 is 5.91 Å². The van der Waals surface area contributed by atoms with Crippen LogP contribution < -0.4 is 11.1 Å². The van der Waals surface area contributed by atoms with E-state index in [1.165, 1.54) is 0 Å². The molecule has 0 spiro atoms. The minimum absolute atomic E-state index is 0.0480. The Labute approximate surface area is 66.1 Å². The Hall–Kier alpha value is -0.610. The molecule has 1 aliphatic rings. The Morgan fingerprint density at radius 1 is 1.73 bits per heavy atom. The standard InChI is InChI=1S/C7H14N2O2/c8-7(10)5-11-6-2-1-3-9-4-6/h6,9H,1-5H2,(H2,8,10)/t6-/m1/s1. The topological polar surface area (TPSA) is 64.4 Å². The lowest BCUT2D eigenvalue weighted by Gasteiger charge is -2.22. The Bertz CT molecular complexity index is 132. The zero-order chi connectivity index (χ0) is 8.10. The van der Waals surface area contributed by atoms with Gasteiger partial charge in [0.2, 0.25) is 5.91 Å². The number of ether oxygens (including phenoxy) is 1. The van der Waals surface area contributed by atoms with E-state index in [1.54, 1.807) is 0 Å². The summed E-state index contributed by atoms with van der Waals surface area (Å²) >= 11 is 0. The number of nitrogens with two attached hydrogens (primary N) is 1. The Morgan fingerprint density at radius 2 is 2.55 bits per heavy atom. The summed E-state index contributed by atoms with van der Waals surface area (Å²) in [6.07, 6.45) is 2.32. The third-order valence-corrected chi connectivity index (χ3v) is 1.71. The second-order valence-electron chi connectivity index (χ2n) is 2.75. The number of nitrogens with one attached hydrogen (secondary N) is 1. The third kappa shape index (κ3) is 3.34. The first-order valence-electron chi connectivity index (χ1n) is 3.89. The van der Waals surface area contributed by atoms with Crippen molar-refractivity contribution in [2.75, 3.05) is 19.7 Å². The highest BCUT2D eigenvalue weighted by Gasteiger charge is 2.13. The molecule has 4 nitrogen and oxygen atoms in total. The first-order chi connectivity index (χ1) is 5.29. The molecule has 0 radical (unpaired) electrons. The van der Waals surface area contributed by atoms with Crippen LogP contribution in [0.25, 0.3) is 0 Å². The van der Waals surface area contributed by atoms with Gasteiger partial charge in [-0.3, -0.25) is 4.79 Å². The fourth-order valence-electron chi connectivity index (χ4n) is 1.16. The maximum absolute atomic E-state index is 10.3. The van der Waals surface area contributed by atoms with Gasteiger partial charge in [0.05, 0.1) is 6.10 Å². The molecule has 0 unspecified atom stereocenters. The highest BCUT2D eigenvalue weighted by molar-refractivity contribution is 5.75. The minimum atomic E-state index is -0.393. The largest absolute Gasteiger partial charge is 0.368 e. The average molecular weight is 158 g/mol. The first kappa shape index (κ1) is 8.49. The Balaban J connectivity index is 2.09. The Morgan fingerprint density at radius 3 is 3.09 bits per heavy atom. The Kier molecular flexibility index (Phi) is 3.32. The summed E-state index contributed by atoms with van der Waals surface area (Å²) in [7, 11) is 0. The molecule has 64 valence electrons. The van der Waals surface area contributed by atoms with Gasteiger partial charge in [0.15, 0.2) is 0 Å². The van der Waals surface area contributed by atoms with E-state index in [1.807, 2.05) is 0 Å². The van der Waals surface area contributed by atoms with Gasteiger partial charge in [-0.05, 0) is 19.4 Å². The van der Waals surface area contributed by atoms with Crippen molar-refractivity contribution in [1.82, 2.24) is 5.32 Å². The molecule has 1 amide bonds. The molecule has 0 aromatic rings. The summed E-state index contributed by atoms with van der Waals surface area (Å²) in [6, 6.07) is 0. The zero-order valence-electron chi connectivity index (χ0n) is 6.51. The molecular formula is C7H14N2O2. The normalized spacial score (nSPS) is 24.9. The quantitative estimate of drug-likeness (QED) is 0.567. The molecule has 1 rings (SSSR count). The van der Waals surface area contributed by atoms with Crippen LogP contribution in [0, 0.1) is 0 Å². The lowest BCUT2D eigenvalue weighted by molar-refractivity contribution is -0.124. The van der Waals surface area contributed by atoms with Gasteiger partial charge in [0, 0.05) is 6.54 Å². The van der Waals surface area contributed by atoms with Crippen LogP contribution in [0.3, 0.4) is 0 Å². The van der Waals surface area contributed by atoms with Crippen LogP contribution in [-0.2, 0) is 9.53 Å². The smallest absolute Gasteiger partial charge is 0.243 e. The summed E-state index contributed by atoms with van der Waals surface area (Å²) in [5.41, 5.74) is 4.93. The van der Waals surface area contributed by atoms with Crippen molar-refractivity contribution in [2.45, 2.75) is 18.9 Å². The second-order valence-corrected chi connectivity index (χ2v) is 2.75. The van der Waals surface area contributed by atoms with Crippen LogP contribution in [0.5, 0.6) is 0 Å². The molecule has 0 aromatic carbocycles. The van der Waals surface area contributed by atoms with E-state index in [9.17, 15) is 4.79 Å². The maximum atomic E-state index is 10.3. The van der Waals surface area contributed by atoms with Gasteiger partial charge in [-0.1, -0.05) is 0 Å². The lowest BCUT2D eigenvalue weighted by Crippen LogP contribution is -2.37. The summed E-state index contributed by atoms with van der Waals surface area (Å²) in [5, 5.41) is 3.18. The fraction of sp³-hybridized carbons (Fsp3) is 0.857. The third-order valence-electron chi connectivity index (χ3n) is 1.71. The van der Waals surface area contributed by atoms with Gasteiger partial charge in [0.25, 0.3) is 0 Å². The number of carbonyl (C=O) groups is 1. The van der Waals surface area contributed by atoms with Gasteiger partial charge in [-0.25, -0.2) is 0 Å². The monoisotopic (exact) mass is 158 g/mol. The van der Waals surface area contributed by atoms with E-state index >= 15 is 0 Å². The second kappa shape index (κ2) is 4.31. The minimum Gasteiger partial charge on any atom is -0.368 e. The molecule has 1 aliphatic heterocycles. The predicted molar refractivity (Wildman–Crippen MR) is 41.0 cm³/mol. The maximum Gasteiger partial charge on any atom is 0.243 e. The molecule has 0 bridgehead atoms. The molecule has 1 atom stereocenters. The van der Waals surface area contributed by atoms with Crippen LogP contribution in [0.1, 0.15) is 12.8 Å².